The van der Waals surface area contributed by atoms with Crippen LogP contribution < -0.4 is 0 Å². The van der Waals surface area contributed by atoms with Gasteiger partial charge in [0.2, 0.25) is 0 Å². The molecular formula is C55H33N3. The number of nitrogens with zero attached hydrogens (tertiary/aromatic N) is 3. The van der Waals surface area contributed by atoms with Gasteiger partial charge in [0.25, 0.3) is 0 Å². The van der Waals surface area contributed by atoms with Crippen molar-refractivity contribution in [2.45, 2.75) is 0 Å². The van der Waals surface area contributed by atoms with Crippen LogP contribution in [0.1, 0.15) is 0 Å². The maximum absolute atomic E-state index is 5.37. The second-order valence-electron chi connectivity index (χ2n) is 15.1. The highest BCUT2D eigenvalue weighted by Gasteiger charge is 2.18. The summed E-state index contributed by atoms with van der Waals surface area (Å²) < 4.78 is 0. The fourth-order valence-corrected chi connectivity index (χ4v) is 9.05. The fraction of sp³-hybridized carbons (Fsp3) is 0. The van der Waals surface area contributed by atoms with Gasteiger partial charge in [-0.1, -0.05) is 182 Å². The number of benzene rings is 9. The molecular weight excluding hydrogens is 703 g/mol. The van der Waals surface area contributed by atoms with Crippen LogP contribution in [-0.4, -0.2) is 15.0 Å². The first-order valence-corrected chi connectivity index (χ1v) is 19.8. The van der Waals surface area contributed by atoms with E-state index in [4.69, 9.17) is 15.0 Å². The summed E-state index contributed by atoms with van der Waals surface area (Å²) in [5, 5.41) is 11.6. The molecule has 0 unspecified atom stereocenters. The molecule has 3 heterocycles. The molecule has 3 nitrogen and oxygen atoms in total. The monoisotopic (exact) mass is 735 g/mol. The average molecular weight is 736 g/mol. The summed E-state index contributed by atoms with van der Waals surface area (Å²) in [4.78, 5) is 16.0. The first kappa shape index (κ1) is 32.5. The summed E-state index contributed by atoms with van der Waals surface area (Å²) in [5.41, 5.74) is 12.5. The van der Waals surface area contributed by atoms with Crippen LogP contribution in [0.15, 0.2) is 200 Å². The Kier molecular flexibility index (Phi) is 7.23. The van der Waals surface area contributed by atoms with Crippen LogP contribution in [0.5, 0.6) is 0 Å². The lowest BCUT2D eigenvalue weighted by Crippen LogP contribution is -1.94. The molecule has 0 aliphatic carbocycles. The van der Waals surface area contributed by atoms with E-state index in [1.807, 2.05) is 0 Å². The molecule has 0 N–H and O–H groups in total. The van der Waals surface area contributed by atoms with Crippen LogP contribution >= 0.6 is 0 Å². The zero-order valence-electron chi connectivity index (χ0n) is 31.4. The number of aromatic nitrogens is 3. The van der Waals surface area contributed by atoms with Gasteiger partial charge in [0, 0.05) is 32.7 Å². The third kappa shape index (κ3) is 5.11. The van der Waals surface area contributed by atoms with Crippen LogP contribution in [0.2, 0.25) is 0 Å². The highest BCUT2D eigenvalue weighted by atomic mass is 14.8. The van der Waals surface area contributed by atoms with E-state index < -0.39 is 0 Å². The first-order chi connectivity index (χ1) is 28.7. The lowest BCUT2D eigenvalue weighted by Gasteiger charge is -2.18. The van der Waals surface area contributed by atoms with E-state index in [0.29, 0.717) is 0 Å². The van der Waals surface area contributed by atoms with E-state index in [-0.39, 0.29) is 0 Å². The van der Waals surface area contributed by atoms with Gasteiger partial charge in [0.1, 0.15) is 0 Å². The number of pyridine rings is 3. The molecule has 3 aromatic heterocycles. The molecule has 0 saturated heterocycles. The molecule has 0 fully saturated rings. The van der Waals surface area contributed by atoms with E-state index in [1.165, 1.54) is 54.6 Å². The Morgan fingerprint density at radius 3 is 1.47 bits per heavy atom. The molecule has 268 valence electrons. The molecule has 0 amide bonds. The van der Waals surface area contributed by atoms with Crippen LogP contribution in [0.3, 0.4) is 0 Å². The van der Waals surface area contributed by atoms with Crippen molar-refractivity contribution in [2.24, 2.45) is 0 Å². The molecule has 0 aliphatic rings. The summed E-state index contributed by atoms with van der Waals surface area (Å²) in [6, 6.07) is 71.6. The minimum atomic E-state index is 0.865. The van der Waals surface area contributed by atoms with Gasteiger partial charge in [0.05, 0.1) is 33.5 Å². The highest BCUT2D eigenvalue weighted by molar-refractivity contribution is 6.21. The molecule has 0 saturated carbocycles. The summed E-state index contributed by atoms with van der Waals surface area (Å²) in [6.07, 6.45) is 0. The molecule has 0 radical (unpaired) electrons. The predicted octanol–water partition coefficient (Wildman–Crippen LogP) is 14.6. The quantitative estimate of drug-likeness (QED) is 0.133. The van der Waals surface area contributed by atoms with Crippen LogP contribution in [0.4, 0.5) is 0 Å². The van der Waals surface area contributed by atoms with Crippen molar-refractivity contribution in [1.29, 1.82) is 0 Å². The summed E-state index contributed by atoms with van der Waals surface area (Å²) >= 11 is 0. The Bertz CT molecular complexity index is 3550. The van der Waals surface area contributed by atoms with Gasteiger partial charge in [-0.05, 0) is 72.8 Å². The van der Waals surface area contributed by atoms with Crippen LogP contribution in [0, 0.1) is 0 Å². The highest BCUT2D eigenvalue weighted by Crippen LogP contribution is 2.44. The van der Waals surface area contributed by atoms with Crippen LogP contribution in [0.25, 0.3) is 121 Å². The summed E-state index contributed by atoms with van der Waals surface area (Å²) in [7, 11) is 0. The van der Waals surface area contributed by atoms with Crippen LogP contribution in [-0.2, 0) is 0 Å². The molecule has 0 spiro atoms. The average Bonchev–Trinajstić information content (AvgIpc) is 3.30. The largest absolute Gasteiger partial charge is 0.245 e. The van der Waals surface area contributed by atoms with E-state index in [0.717, 1.165) is 66.1 Å². The van der Waals surface area contributed by atoms with Crippen molar-refractivity contribution in [2.75, 3.05) is 0 Å². The second-order valence-corrected chi connectivity index (χ2v) is 15.1. The van der Waals surface area contributed by atoms with E-state index in [2.05, 4.69) is 200 Å². The van der Waals surface area contributed by atoms with Crippen molar-refractivity contribution < 1.29 is 0 Å². The zero-order chi connectivity index (χ0) is 38.2. The number of hydrogen-bond donors (Lipinski definition) is 0. The van der Waals surface area contributed by atoms with E-state index in [1.54, 1.807) is 0 Å². The van der Waals surface area contributed by atoms with Gasteiger partial charge < -0.3 is 0 Å². The van der Waals surface area contributed by atoms with Gasteiger partial charge in [-0.3, -0.25) is 0 Å². The SMILES string of the molecule is c1ccc(-c2c3ccccc3c(-c3ccc(-c4nc5cc6ccc7ccc(-c8ccc9ccccc9c8)nc7c6nc5c5ccccc45)cc3)c3ccccc23)cc1. The van der Waals surface area contributed by atoms with Crippen molar-refractivity contribution >= 4 is 75.9 Å². The number of hydrogen-bond acceptors (Lipinski definition) is 3. The number of rotatable bonds is 4. The molecule has 3 heteroatoms. The molecule has 12 aromatic rings. The Morgan fingerprint density at radius 2 is 0.759 bits per heavy atom. The standard InChI is InChI=1S/C55H33N3/c1-2-13-35(14-3-1)50-42-16-6-8-18-44(42)51(45-19-9-7-17-43(45)50)36-23-25-37(26-24-36)52-46-20-10-11-21-47(46)55-49(57-52)33-41-29-27-38-30-31-48(56-53(38)54(41)58-55)40-28-22-34-12-4-5-15-39(34)32-40/h1-33H. The van der Waals surface area contributed by atoms with Crippen molar-refractivity contribution in [3.8, 4) is 44.8 Å². The maximum atomic E-state index is 5.37. The fourth-order valence-electron chi connectivity index (χ4n) is 9.05. The third-order valence-electron chi connectivity index (χ3n) is 11.8. The lowest BCUT2D eigenvalue weighted by atomic mass is 9.86. The smallest absolute Gasteiger partial charge is 0.0974 e. The topological polar surface area (TPSA) is 38.7 Å². The van der Waals surface area contributed by atoms with Crippen molar-refractivity contribution in [1.82, 2.24) is 15.0 Å². The molecule has 0 bridgehead atoms. The molecule has 9 aromatic carbocycles. The Morgan fingerprint density at radius 1 is 0.259 bits per heavy atom. The predicted molar refractivity (Wildman–Crippen MR) is 244 cm³/mol. The molecule has 0 aliphatic heterocycles. The van der Waals surface area contributed by atoms with E-state index in [9.17, 15) is 0 Å². The van der Waals surface area contributed by atoms with E-state index >= 15 is 0 Å². The number of fused-ring (bicyclic) bond motifs is 9. The van der Waals surface area contributed by atoms with Gasteiger partial charge >= 0.3 is 0 Å². The third-order valence-corrected chi connectivity index (χ3v) is 11.8. The van der Waals surface area contributed by atoms with Gasteiger partial charge in [-0.15, -0.1) is 0 Å². The van der Waals surface area contributed by atoms with Crippen molar-refractivity contribution in [3.63, 3.8) is 0 Å². The first-order valence-electron chi connectivity index (χ1n) is 19.8. The minimum absolute atomic E-state index is 0.865. The molecule has 0 atom stereocenters. The molecule has 12 rings (SSSR count). The Labute approximate surface area is 334 Å². The maximum Gasteiger partial charge on any atom is 0.0974 e. The van der Waals surface area contributed by atoms with Gasteiger partial charge in [0.15, 0.2) is 0 Å². The minimum Gasteiger partial charge on any atom is -0.245 e. The normalized spacial score (nSPS) is 11.8. The Hall–Kier alpha value is -7.75. The summed E-state index contributed by atoms with van der Waals surface area (Å²) in [6.45, 7) is 0. The van der Waals surface area contributed by atoms with Crippen molar-refractivity contribution in [3.05, 3.63) is 200 Å². The van der Waals surface area contributed by atoms with Gasteiger partial charge in [-0.25, -0.2) is 15.0 Å². The second kappa shape index (κ2) is 12.9. The Balaban J connectivity index is 1.01. The lowest BCUT2D eigenvalue weighted by molar-refractivity contribution is 1.38. The van der Waals surface area contributed by atoms with Gasteiger partial charge in [-0.2, -0.15) is 0 Å². The zero-order valence-corrected chi connectivity index (χ0v) is 31.4. The summed E-state index contributed by atoms with van der Waals surface area (Å²) in [5.74, 6) is 0. The molecule has 58 heavy (non-hydrogen) atoms.